The van der Waals surface area contributed by atoms with Gasteiger partial charge in [-0.2, -0.15) is 0 Å². The van der Waals surface area contributed by atoms with Crippen LogP contribution in [0.1, 0.15) is 39.2 Å². The van der Waals surface area contributed by atoms with Gasteiger partial charge in [-0.15, -0.1) is 0 Å². The molecule has 0 aliphatic carbocycles. The molecule has 0 aliphatic heterocycles. The van der Waals surface area contributed by atoms with Crippen molar-refractivity contribution >= 4 is 15.9 Å². The molecule has 0 saturated heterocycles. The van der Waals surface area contributed by atoms with Crippen LogP contribution in [0.2, 0.25) is 0 Å². The summed E-state index contributed by atoms with van der Waals surface area (Å²) in [5.41, 5.74) is 4.62. The van der Waals surface area contributed by atoms with Gasteiger partial charge in [-0.05, 0) is 42.4 Å². The van der Waals surface area contributed by atoms with E-state index in [4.69, 9.17) is 5.84 Å². The van der Waals surface area contributed by atoms with E-state index in [-0.39, 0.29) is 0 Å². The number of halogens is 1. The van der Waals surface area contributed by atoms with E-state index in [0.717, 1.165) is 17.3 Å². The van der Waals surface area contributed by atoms with Gasteiger partial charge in [-0.3, -0.25) is 11.3 Å². The van der Waals surface area contributed by atoms with Gasteiger partial charge in [-0.1, -0.05) is 48.8 Å². The first-order valence-corrected chi connectivity index (χ1v) is 6.90. The van der Waals surface area contributed by atoms with E-state index in [0.29, 0.717) is 11.5 Å². The van der Waals surface area contributed by atoms with Crippen molar-refractivity contribution in [2.45, 2.75) is 46.1 Å². The fourth-order valence-corrected chi connectivity index (χ4v) is 2.02. The zero-order chi connectivity index (χ0) is 12.9. The Morgan fingerprint density at radius 2 is 1.82 bits per heavy atom. The first-order chi connectivity index (χ1) is 7.90. The molecule has 1 atom stereocenters. The van der Waals surface area contributed by atoms with Crippen molar-refractivity contribution in [2.75, 3.05) is 0 Å². The van der Waals surface area contributed by atoms with Gasteiger partial charge in [0.05, 0.1) is 0 Å². The molecule has 0 radical (unpaired) electrons. The third-order valence-electron chi connectivity index (χ3n) is 2.87. The quantitative estimate of drug-likeness (QED) is 0.643. The normalized spacial score (nSPS) is 13.7. The first-order valence-electron chi connectivity index (χ1n) is 6.11. The molecule has 17 heavy (non-hydrogen) atoms. The second-order valence-electron chi connectivity index (χ2n) is 5.79. The van der Waals surface area contributed by atoms with Crippen molar-refractivity contribution in [3.05, 3.63) is 34.3 Å². The molecule has 0 aliphatic rings. The Hall–Kier alpha value is -0.380. The number of nitrogens with one attached hydrogen (secondary N) is 1. The van der Waals surface area contributed by atoms with Gasteiger partial charge in [-0.25, -0.2) is 0 Å². The van der Waals surface area contributed by atoms with E-state index in [9.17, 15) is 0 Å². The molecule has 0 bridgehead atoms. The van der Waals surface area contributed by atoms with E-state index in [1.54, 1.807) is 0 Å². The van der Waals surface area contributed by atoms with Gasteiger partial charge in [0.15, 0.2) is 0 Å². The van der Waals surface area contributed by atoms with Crippen LogP contribution in [0.15, 0.2) is 28.7 Å². The summed E-state index contributed by atoms with van der Waals surface area (Å²) in [6, 6.07) is 8.80. The lowest BCUT2D eigenvalue weighted by Gasteiger charge is -2.22. The minimum atomic E-state index is 0.357. The lowest BCUT2D eigenvalue weighted by atomic mass is 9.87. The highest BCUT2D eigenvalue weighted by molar-refractivity contribution is 9.10. The van der Waals surface area contributed by atoms with Crippen molar-refractivity contribution in [1.82, 2.24) is 5.43 Å². The van der Waals surface area contributed by atoms with Crippen LogP contribution >= 0.6 is 15.9 Å². The molecule has 3 heteroatoms. The Kier molecular flexibility index (Phi) is 5.63. The predicted octanol–water partition coefficient (Wildman–Crippen LogP) is 3.65. The molecule has 0 aromatic heterocycles. The number of hydrogen-bond acceptors (Lipinski definition) is 2. The number of hydrazine groups is 1. The maximum atomic E-state index is 5.62. The van der Waals surface area contributed by atoms with Crippen LogP contribution in [-0.4, -0.2) is 6.04 Å². The van der Waals surface area contributed by atoms with Crippen LogP contribution in [0.4, 0.5) is 0 Å². The predicted molar refractivity (Wildman–Crippen MR) is 77.6 cm³/mol. The van der Waals surface area contributed by atoms with Crippen LogP contribution < -0.4 is 11.3 Å². The van der Waals surface area contributed by atoms with Crippen molar-refractivity contribution in [2.24, 2.45) is 11.3 Å². The van der Waals surface area contributed by atoms with Crippen molar-refractivity contribution in [1.29, 1.82) is 0 Å². The highest BCUT2D eigenvalue weighted by Gasteiger charge is 2.14. The van der Waals surface area contributed by atoms with Crippen molar-refractivity contribution in [3.63, 3.8) is 0 Å². The van der Waals surface area contributed by atoms with Crippen LogP contribution in [0.3, 0.4) is 0 Å². The van der Waals surface area contributed by atoms with Gasteiger partial charge < -0.3 is 0 Å². The van der Waals surface area contributed by atoms with Crippen LogP contribution in [0.5, 0.6) is 0 Å². The zero-order valence-electron chi connectivity index (χ0n) is 11.0. The van der Waals surface area contributed by atoms with E-state index in [1.807, 2.05) is 0 Å². The average molecular weight is 299 g/mol. The van der Waals surface area contributed by atoms with Crippen molar-refractivity contribution in [3.8, 4) is 0 Å². The summed E-state index contributed by atoms with van der Waals surface area (Å²) in [4.78, 5) is 0. The van der Waals surface area contributed by atoms with Gasteiger partial charge in [0.1, 0.15) is 0 Å². The van der Waals surface area contributed by atoms with E-state index < -0.39 is 0 Å². The summed E-state index contributed by atoms with van der Waals surface area (Å²) in [5, 5.41) is 0. The molecule has 0 amide bonds. The second-order valence-corrected chi connectivity index (χ2v) is 6.71. The van der Waals surface area contributed by atoms with Crippen LogP contribution in [-0.2, 0) is 6.42 Å². The smallest absolute Gasteiger partial charge is 0.0251 e. The molecule has 3 N–H and O–H groups in total. The molecule has 1 aromatic rings. The van der Waals surface area contributed by atoms with Gasteiger partial charge >= 0.3 is 0 Å². The third kappa shape index (κ3) is 6.20. The molecule has 0 saturated carbocycles. The maximum absolute atomic E-state index is 5.62. The molecular weight excluding hydrogens is 276 g/mol. The molecule has 0 spiro atoms. The second kappa shape index (κ2) is 6.53. The molecular formula is C14H23BrN2. The fraction of sp³-hybridized carbons (Fsp3) is 0.571. The van der Waals surface area contributed by atoms with Gasteiger partial charge in [0.2, 0.25) is 0 Å². The van der Waals surface area contributed by atoms with Crippen LogP contribution in [0.25, 0.3) is 0 Å². The standard InChI is InChI=1S/C14H23BrN2/c1-14(2,3)9-8-13(17-16)10-11-4-6-12(15)7-5-11/h4-7,13,17H,8-10,16H2,1-3H3. The Bertz CT molecular complexity index is 327. The van der Waals surface area contributed by atoms with Crippen LogP contribution in [0, 0.1) is 5.41 Å². The van der Waals surface area contributed by atoms with Crippen molar-refractivity contribution < 1.29 is 0 Å². The Morgan fingerprint density at radius 1 is 1.24 bits per heavy atom. The number of rotatable bonds is 5. The summed E-state index contributed by atoms with van der Waals surface area (Å²) >= 11 is 3.45. The van der Waals surface area contributed by atoms with E-state index in [1.165, 1.54) is 12.0 Å². The van der Waals surface area contributed by atoms with Gasteiger partial charge in [0.25, 0.3) is 0 Å². The Morgan fingerprint density at radius 3 is 2.29 bits per heavy atom. The monoisotopic (exact) mass is 298 g/mol. The number of hydrogen-bond donors (Lipinski definition) is 2. The summed E-state index contributed by atoms with van der Waals surface area (Å²) in [5.74, 6) is 5.62. The zero-order valence-corrected chi connectivity index (χ0v) is 12.5. The summed E-state index contributed by atoms with van der Waals surface area (Å²) in [6.07, 6.45) is 3.27. The largest absolute Gasteiger partial charge is 0.271 e. The minimum absolute atomic E-state index is 0.357. The fourth-order valence-electron chi connectivity index (χ4n) is 1.76. The summed E-state index contributed by atoms with van der Waals surface area (Å²) in [7, 11) is 0. The van der Waals surface area contributed by atoms with E-state index in [2.05, 4.69) is 66.4 Å². The summed E-state index contributed by atoms with van der Waals surface area (Å²) < 4.78 is 1.12. The van der Waals surface area contributed by atoms with Gasteiger partial charge in [0, 0.05) is 10.5 Å². The average Bonchev–Trinajstić information content (AvgIpc) is 2.25. The Balaban J connectivity index is 2.49. The first kappa shape index (κ1) is 14.7. The third-order valence-corrected chi connectivity index (χ3v) is 3.40. The molecule has 1 unspecified atom stereocenters. The topological polar surface area (TPSA) is 38.0 Å². The van der Waals surface area contributed by atoms with E-state index >= 15 is 0 Å². The molecule has 96 valence electrons. The molecule has 2 nitrogen and oxygen atoms in total. The highest BCUT2D eigenvalue weighted by atomic mass is 79.9. The minimum Gasteiger partial charge on any atom is -0.271 e. The Labute approximate surface area is 113 Å². The molecule has 0 fully saturated rings. The highest BCUT2D eigenvalue weighted by Crippen LogP contribution is 2.22. The summed E-state index contributed by atoms with van der Waals surface area (Å²) in [6.45, 7) is 6.79. The number of benzene rings is 1. The molecule has 0 heterocycles. The molecule has 1 aromatic carbocycles. The lowest BCUT2D eigenvalue weighted by molar-refractivity contribution is 0.330. The number of nitrogens with two attached hydrogens (primary N) is 1. The molecule has 1 rings (SSSR count). The maximum Gasteiger partial charge on any atom is 0.0251 e. The lowest BCUT2D eigenvalue weighted by Crippen LogP contribution is -2.37. The SMILES string of the molecule is CC(C)(C)CCC(Cc1ccc(Br)cc1)NN.